The summed E-state index contributed by atoms with van der Waals surface area (Å²) < 4.78 is 2.13. The normalized spacial score (nSPS) is 14.2. The van der Waals surface area contributed by atoms with Crippen LogP contribution in [0.25, 0.3) is 49.7 Å². The molecule has 5 nitrogen and oxygen atoms in total. The van der Waals surface area contributed by atoms with E-state index in [0.29, 0.717) is 22.4 Å². The van der Waals surface area contributed by atoms with Gasteiger partial charge in [-0.15, -0.1) is 0 Å². The van der Waals surface area contributed by atoms with Crippen LogP contribution >= 0.6 is 0 Å². The summed E-state index contributed by atoms with van der Waals surface area (Å²) in [6, 6.07) is 47.6. The van der Waals surface area contributed by atoms with Crippen molar-refractivity contribution in [1.82, 2.24) is 4.57 Å². The van der Waals surface area contributed by atoms with E-state index in [1.165, 1.54) is 4.90 Å². The zero-order chi connectivity index (χ0) is 29.8. The van der Waals surface area contributed by atoms with E-state index in [2.05, 4.69) is 41.0 Å². The monoisotopic (exact) mass is 567 g/mol. The molecule has 208 valence electrons. The second-order valence-electron chi connectivity index (χ2n) is 10.9. The fraction of sp³-hybridized carbons (Fsp3) is 0.0256. The van der Waals surface area contributed by atoms with E-state index in [1.54, 1.807) is 0 Å². The third kappa shape index (κ3) is 3.86. The Labute approximate surface area is 254 Å². The van der Waals surface area contributed by atoms with Gasteiger partial charge in [0.2, 0.25) is 0 Å². The molecule has 0 saturated heterocycles. The fourth-order valence-corrected chi connectivity index (χ4v) is 6.50. The molecule has 1 N–H and O–H groups in total. The highest BCUT2D eigenvalue weighted by atomic mass is 16.3. The van der Waals surface area contributed by atoms with Crippen LogP contribution in [0.1, 0.15) is 27.7 Å². The summed E-state index contributed by atoms with van der Waals surface area (Å²) >= 11 is 0. The van der Waals surface area contributed by atoms with Gasteiger partial charge in [-0.05, 0) is 53.1 Å². The zero-order valence-electron chi connectivity index (χ0n) is 23.6. The van der Waals surface area contributed by atoms with Crippen molar-refractivity contribution in [2.45, 2.75) is 6.23 Å². The van der Waals surface area contributed by atoms with E-state index in [4.69, 9.17) is 0 Å². The molecule has 44 heavy (non-hydrogen) atoms. The van der Waals surface area contributed by atoms with Gasteiger partial charge in [-0.2, -0.15) is 5.26 Å². The largest absolute Gasteiger partial charge is 0.369 e. The lowest BCUT2D eigenvalue weighted by atomic mass is 10.0. The second kappa shape index (κ2) is 10.1. The van der Waals surface area contributed by atoms with E-state index < -0.39 is 6.23 Å². The molecule has 0 radical (unpaired) electrons. The summed E-state index contributed by atoms with van der Waals surface area (Å²) in [6.07, 6.45) is -1.13. The Morgan fingerprint density at radius 1 is 0.614 bits per heavy atom. The molecule has 1 aliphatic heterocycles. The first-order chi connectivity index (χ1) is 21.6. The highest BCUT2D eigenvalue weighted by molar-refractivity contribution is 6.16. The molecule has 1 atom stereocenters. The topological polar surface area (TPSA) is 69.3 Å². The average Bonchev–Trinajstić information content (AvgIpc) is 3.55. The molecule has 1 unspecified atom stereocenters. The maximum absolute atomic E-state index is 14.5. The minimum absolute atomic E-state index is 0.249. The zero-order valence-corrected chi connectivity index (χ0v) is 23.6. The van der Waals surface area contributed by atoms with Crippen LogP contribution in [-0.4, -0.2) is 15.6 Å². The van der Waals surface area contributed by atoms with Crippen molar-refractivity contribution in [2.24, 2.45) is 0 Å². The standard InChI is InChI=1S/C39H25N3O2/c40-24-25-17-19-26(20-18-25)28-21-22-31-30-12-5-7-15-34(30)41(36(31)23-28)35-16-8-13-32-37(35)39(44)42(38(32)43)33-14-6-4-11-29(33)27-9-2-1-3-10-27/h1-23,38,43H. The fourth-order valence-electron chi connectivity index (χ4n) is 6.50. The van der Waals surface area contributed by atoms with Crippen LogP contribution in [-0.2, 0) is 0 Å². The first kappa shape index (κ1) is 25.7. The van der Waals surface area contributed by atoms with Gasteiger partial charge in [-0.25, -0.2) is 0 Å². The van der Waals surface area contributed by atoms with E-state index in [9.17, 15) is 15.2 Å². The number of carbonyl (C=O) groups excluding carboxylic acids is 1. The number of aliphatic hydroxyl groups excluding tert-OH is 1. The smallest absolute Gasteiger partial charge is 0.263 e. The number of rotatable bonds is 4. The number of hydrogen-bond acceptors (Lipinski definition) is 3. The number of para-hydroxylation sites is 2. The third-order valence-corrected chi connectivity index (χ3v) is 8.54. The predicted molar refractivity (Wildman–Crippen MR) is 175 cm³/mol. The maximum atomic E-state index is 14.5. The molecule has 5 heteroatoms. The molecule has 7 aromatic rings. The Balaban J connectivity index is 1.33. The Morgan fingerprint density at radius 2 is 1.30 bits per heavy atom. The Morgan fingerprint density at radius 3 is 2.11 bits per heavy atom. The molecule has 1 aromatic heterocycles. The van der Waals surface area contributed by atoms with Gasteiger partial charge in [0.15, 0.2) is 6.23 Å². The summed E-state index contributed by atoms with van der Waals surface area (Å²) in [5.41, 5.74) is 8.80. The van der Waals surface area contributed by atoms with Gasteiger partial charge in [0, 0.05) is 21.9 Å². The van der Waals surface area contributed by atoms with Crippen molar-refractivity contribution in [3.63, 3.8) is 0 Å². The van der Waals surface area contributed by atoms with Crippen LogP contribution in [0.4, 0.5) is 5.69 Å². The van der Waals surface area contributed by atoms with Crippen molar-refractivity contribution >= 4 is 33.4 Å². The third-order valence-electron chi connectivity index (χ3n) is 8.54. The molecule has 0 aliphatic carbocycles. The summed E-state index contributed by atoms with van der Waals surface area (Å²) in [6.45, 7) is 0. The van der Waals surface area contributed by atoms with Crippen molar-refractivity contribution < 1.29 is 9.90 Å². The van der Waals surface area contributed by atoms with Crippen molar-refractivity contribution in [3.05, 3.63) is 156 Å². The molecule has 6 aromatic carbocycles. The lowest BCUT2D eigenvalue weighted by Gasteiger charge is -2.24. The summed E-state index contributed by atoms with van der Waals surface area (Å²) in [5.74, 6) is -0.249. The molecule has 1 amide bonds. The van der Waals surface area contributed by atoms with Crippen molar-refractivity contribution in [2.75, 3.05) is 4.90 Å². The second-order valence-corrected chi connectivity index (χ2v) is 10.9. The van der Waals surface area contributed by atoms with Crippen LogP contribution in [0, 0.1) is 11.3 Å². The molecule has 0 fully saturated rings. The van der Waals surface area contributed by atoms with E-state index in [0.717, 1.165) is 49.7 Å². The van der Waals surface area contributed by atoms with Crippen molar-refractivity contribution in [1.29, 1.82) is 5.26 Å². The molecular formula is C39H25N3O2. The van der Waals surface area contributed by atoms with Crippen LogP contribution in [0.2, 0.25) is 0 Å². The van der Waals surface area contributed by atoms with Crippen LogP contribution in [0.15, 0.2) is 140 Å². The van der Waals surface area contributed by atoms with Crippen LogP contribution < -0.4 is 4.90 Å². The molecule has 0 spiro atoms. The number of anilines is 1. The summed E-state index contributed by atoms with van der Waals surface area (Å²) in [7, 11) is 0. The maximum Gasteiger partial charge on any atom is 0.263 e. The lowest BCUT2D eigenvalue weighted by Crippen LogP contribution is -2.28. The average molecular weight is 568 g/mol. The number of benzene rings is 6. The van der Waals surface area contributed by atoms with Gasteiger partial charge in [0.05, 0.1) is 39.6 Å². The minimum Gasteiger partial charge on any atom is -0.369 e. The summed E-state index contributed by atoms with van der Waals surface area (Å²) in [4.78, 5) is 16.0. The number of carbonyl (C=O) groups is 1. The van der Waals surface area contributed by atoms with E-state index >= 15 is 0 Å². The number of nitrogens with zero attached hydrogens (tertiary/aromatic N) is 3. The van der Waals surface area contributed by atoms with Gasteiger partial charge >= 0.3 is 0 Å². The first-order valence-electron chi connectivity index (χ1n) is 14.5. The Kier molecular flexibility index (Phi) is 5.90. The minimum atomic E-state index is -1.13. The highest BCUT2D eigenvalue weighted by Crippen LogP contribution is 2.44. The van der Waals surface area contributed by atoms with E-state index in [-0.39, 0.29) is 5.91 Å². The van der Waals surface area contributed by atoms with Gasteiger partial charge in [-0.1, -0.05) is 103 Å². The SMILES string of the molecule is N#Cc1ccc(-c2ccc3c4ccccc4n(-c4cccc5c4C(=O)N(c4ccccc4-c4ccccc4)C5O)c3c2)cc1. The molecular weight excluding hydrogens is 542 g/mol. The van der Waals surface area contributed by atoms with Crippen molar-refractivity contribution in [3.8, 4) is 34.0 Å². The number of amides is 1. The van der Waals surface area contributed by atoms with Gasteiger partial charge in [-0.3, -0.25) is 9.69 Å². The van der Waals surface area contributed by atoms with Gasteiger partial charge in [0.25, 0.3) is 5.91 Å². The number of fused-ring (bicyclic) bond motifs is 4. The molecule has 8 rings (SSSR count). The molecule has 2 heterocycles. The van der Waals surface area contributed by atoms with E-state index in [1.807, 2.05) is 109 Å². The van der Waals surface area contributed by atoms with Gasteiger partial charge < -0.3 is 9.67 Å². The predicted octanol–water partition coefficient (Wildman–Crippen LogP) is 8.64. The number of aromatic nitrogens is 1. The Bertz CT molecular complexity index is 2280. The lowest BCUT2D eigenvalue weighted by molar-refractivity contribution is 0.0935. The number of aliphatic hydroxyl groups is 1. The van der Waals surface area contributed by atoms with Crippen LogP contribution in [0.5, 0.6) is 0 Å². The molecule has 0 bridgehead atoms. The number of nitriles is 1. The number of hydrogen-bond donors (Lipinski definition) is 1. The quantitative estimate of drug-likeness (QED) is 0.231. The van der Waals surface area contributed by atoms with Crippen LogP contribution in [0.3, 0.4) is 0 Å². The summed E-state index contributed by atoms with van der Waals surface area (Å²) in [5, 5.41) is 23.1. The first-order valence-corrected chi connectivity index (χ1v) is 14.5. The highest BCUT2D eigenvalue weighted by Gasteiger charge is 2.40. The Hall–Kier alpha value is -5.96. The van der Waals surface area contributed by atoms with Gasteiger partial charge in [0.1, 0.15) is 0 Å². The molecule has 0 saturated carbocycles. The molecule has 1 aliphatic rings.